The molecule has 0 aliphatic heterocycles. The molecule has 1 aromatic heterocycles. The van der Waals surface area contributed by atoms with Crippen LogP contribution in [0.5, 0.6) is 11.5 Å². The average Bonchev–Trinajstić information content (AvgIpc) is 2.40. The molecule has 1 heterocycles. The Kier molecular flexibility index (Phi) is 5.13. The highest BCUT2D eigenvalue weighted by Crippen LogP contribution is 2.24. The summed E-state index contributed by atoms with van der Waals surface area (Å²) in [4.78, 5) is 4.15. The fourth-order valence-electron chi connectivity index (χ4n) is 1.95. The average molecular weight is 270 g/mol. The quantitative estimate of drug-likeness (QED) is 0.863. The largest absolute Gasteiger partial charge is 0.455 e. The van der Waals surface area contributed by atoms with Gasteiger partial charge < -0.3 is 10.1 Å². The SMILES string of the molecule is Cc1cccc(Oc2cnccc2CNCC(C)C)c1. The van der Waals surface area contributed by atoms with Gasteiger partial charge in [-0.15, -0.1) is 0 Å². The van der Waals surface area contributed by atoms with Crippen LogP contribution in [0.15, 0.2) is 42.7 Å². The molecule has 0 saturated carbocycles. The lowest BCUT2D eigenvalue weighted by atomic mass is 10.2. The minimum atomic E-state index is 0.637. The molecular weight excluding hydrogens is 248 g/mol. The Hall–Kier alpha value is -1.87. The molecule has 1 aromatic carbocycles. The molecule has 0 spiro atoms. The highest BCUT2D eigenvalue weighted by Gasteiger charge is 2.05. The van der Waals surface area contributed by atoms with Crippen molar-refractivity contribution in [3.8, 4) is 11.5 Å². The Morgan fingerprint density at radius 2 is 2.10 bits per heavy atom. The summed E-state index contributed by atoms with van der Waals surface area (Å²) in [6.07, 6.45) is 3.57. The molecule has 0 amide bonds. The second-order valence-electron chi connectivity index (χ2n) is 5.43. The van der Waals surface area contributed by atoms with E-state index in [1.54, 1.807) is 12.4 Å². The van der Waals surface area contributed by atoms with E-state index >= 15 is 0 Å². The molecule has 0 aliphatic carbocycles. The molecule has 1 N–H and O–H groups in total. The van der Waals surface area contributed by atoms with Gasteiger partial charge in [-0.2, -0.15) is 0 Å². The number of rotatable bonds is 6. The van der Waals surface area contributed by atoms with Gasteiger partial charge in [0.1, 0.15) is 11.5 Å². The standard InChI is InChI=1S/C17H22N2O/c1-13(2)10-19-11-15-7-8-18-12-17(15)20-16-6-4-5-14(3)9-16/h4-9,12-13,19H,10-11H2,1-3H3. The van der Waals surface area contributed by atoms with Crippen LogP contribution in [0, 0.1) is 12.8 Å². The van der Waals surface area contributed by atoms with Crippen molar-refractivity contribution in [2.75, 3.05) is 6.54 Å². The molecule has 0 fully saturated rings. The van der Waals surface area contributed by atoms with Crippen molar-refractivity contribution in [3.63, 3.8) is 0 Å². The highest BCUT2D eigenvalue weighted by molar-refractivity contribution is 5.36. The number of hydrogen-bond acceptors (Lipinski definition) is 3. The Labute approximate surface area is 121 Å². The molecular formula is C17H22N2O. The highest BCUT2D eigenvalue weighted by atomic mass is 16.5. The number of nitrogens with one attached hydrogen (secondary N) is 1. The molecule has 0 saturated heterocycles. The van der Waals surface area contributed by atoms with Gasteiger partial charge in [0.05, 0.1) is 6.20 Å². The number of aryl methyl sites for hydroxylation is 1. The molecule has 0 bridgehead atoms. The Morgan fingerprint density at radius 3 is 2.85 bits per heavy atom. The monoisotopic (exact) mass is 270 g/mol. The van der Waals surface area contributed by atoms with Gasteiger partial charge in [0.2, 0.25) is 0 Å². The van der Waals surface area contributed by atoms with Crippen molar-refractivity contribution in [1.29, 1.82) is 0 Å². The fraction of sp³-hybridized carbons (Fsp3) is 0.353. The first-order valence-electron chi connectivity index (χ1n) is 7.03. The van der Waals surface area contributed by atoms with Crippen LogP contribution in [-0.4, -0.2) is 11.5 Å². The Bertz CT molecular complexity index is 552. The Balaban J connectivity index is 2.07. The van der Waals surface area contributed by atoms with Crippen LogP contribution in [0.3, 0.4) is 0 Å². The number of pyridine rings is 1. The third kappa shape index (κ3) is 4.35. The number of ether oxygens (including phenoxy) is 1. The summed E-state index contributed by atoms with van der Waals surface area (Å²) in [6, 6.07) is 10.0. The van der Waals surface area contributed by atoms with Gasteiger partial charge in [0.15, 0.2) is 0 Å². The summed E-state index contributed by atoms with van der Waals surface area (Å²) in [7, 11) is 0. The number of aromatic nitrogens is 1. The lowest BCUT2D eigenvalue weighted by molar-refractivity contribution is 0.466. The molecule has 0 radical (unpaired) electrons. The first-order chi connectivity index (χ1) is 9.65. The number of benzene rings is 1. The van der Waals surface area contributed by atoms with Crippen molar-refractivity contribution in [2.45, 2.75) is 27.3 Å². The van der Waals surface area contributed by atoms with E-state index in [1.807, 2.05) is 24.3 Å². The van der Waals surface area contributed by atoms with E-state index < -0.39 is 0 Å². The molecule has 2 aromatic rings. The zero-order chi connectivity index (χ0) is 14.4. The zero-order valence-electron chi connectivity index (χ0n) is 12.4. The van der Waals surface area contributed by atoms with Gasteiger partial charge in [-0.05, 0) is 43.1 Å². The molecule has 106 valence electrons. The predicted molar refractivity (Wildman–Crippen MR) is 82.0 cm³/mol. The maximum atomic E-state index is 5.95. The number of hydrogen-bond donors (Lipinski definition) is 1. The van der Waals surface area contributed by atoms with E-state index in [2.05, 4.69) is 37.1 Å². The third-order valence-corrected chi connectivity index (χ3v) is 2.96. The smallest absolute Gasteiger partial charge is 0.150 e. The molecule has 20 heavy (non-hydrogen) atoms. The van der Waals surface area contributed by atoms with Crippen molar-refractivity contribution in [3.05, 3.63) is 53.9 Å². The van der Waals surface area contributed by atoms with Crippen molar-refractivity contribution in [2.24, 2.45) is 5.92 Å². The Morgan fingerprint density at radius 1 is 1.25 bits per heavy atom. The topological polar surface area (TPSA) is 34.1 Å². The van der Waals surface area contributed by atoms with Crippen LogP contribution >= 0.6 is 0 Å². The lowest BCUT2D eigenvalue weighted by Gasteiger charge is -2.12. The molecule has 2 rings (SSSR count). The van der Waals surface area contributed by atoms with Crippen LogP contribution < -0.4 is 10.1 Å². The molecule has 3 heteroatoms. The van der Waals surface area contributed by atoms with Gasteiger partial charge in [0.25, 0.3) is 0 Å². The van der Waals surface area contributed by atoms with Gasteiger partial charge in [-0.3, -0.25) is 4.98 Å². The maximum Gasteiger partial charge on any atom is 0.150 e. The maximum absolute atomic E-state index is 5.95. The van der Waals surface area contributed by atoms with E-state index in [0.29, 0.717) is 5.92 Å². The van der Waals surface area contributed by atoms with E-state index in [-0.39, 0.29) is 0 Å². The second kappa shape index (κ2) is 7.06. The van der Waals surface area contributed by atoms with E-state index in [1.165, 1.54) is 5.56 Å². The minimum absolute atomic E-state index is 0.637. The van der Waals surface area contributed by atoms with Crippen LogP contribution in [0.25, 0.3) is 0 Å². The van der Waals surface area contributed by atoms with E-state index in [4.69, 9.17) is 4.74 Å². The third-order valence-electron chi connectivity index (χ3n) is 2.96. The van der Waals surface area contributed by atoms with Crippen LogP contribution in [0.4, 0.5) is 0 Å². The van der Waals surface area contributed by atoms with Crippen molar-refractivity contribution < 1.29 is 4.74 Å². The molecule has 0 aliphatic rings. The van der Waals surface area contributed by atoms with Gasteiger partial charge in [-0.1, -0.05) is 26.0 Å². The van der Waals surface area contributed by atoms with Gasteiger partial charge in [0, 0.05) is 18.3 Å². The molecule has 0 unspecified atom stereocenters. The zero-order valence-corrected chi connectivity index (χ0v) is 12.4. The van der Waals surface area contributed by atoms with Gasteiger partial charge in [-0.25, -0.2) is 0 Å². The normalized spacial score (nSPS) is 10.8. The second-order valence-corrected chi connectivity index (χ2v) is 5.43. The van der Waals surface area contributed by atoms with Crippen molar-refractivity contribution >= 4 is 0 Å². The summed E-state index contributed by atoms with van der Waals surface area (Å²) in [5.74, 6) is 2.30. The number of nitrogens with zero attached hydrogens (tertiary/aromatic N) is 1. The first-order valence-corrected chi connectivity index (χ1v) is 7.03. The first kappa shape index (κ1) is 14.5. The van der Waals surface area contributed by atoms with E-state index in [9.17, 15) is 0 Å². The minimum Gasteiger partial charge on any atom is -0.455 e. The molecule has 0 atom stereocenters. The summed E-state index contributed by atoms with van der Waals surface area (Å²) < 4.78 is 5.95. The van der Waals surface area contributed by atoms with Gasteiger partial charge >= 0.3 is 0 Å². The van der Waals surface area contributed by atoms with Crippen molar-refractivity contribution in [1.82, 2.24) is 10.3 Å². The predicted octanol–water partition coefficient (Wildman–Crippen LogP) is 3.93. The summed E-state index contributed by atoms with van der Waals surface area (Å²) >= 11 is 0. The summed E-state index contributed by atoms with van der Waals surface area (Å²) in [6.45, 7) is 8.24. The van der Waals surface area contributed by atoms with Crippen LogP contribution in [-0.2, 0) is 6.54 Å². The van der Waals surface area contributed by atoms with Crippen LogP contribution in [0.2, 0.25) is 0 Å². The summed E-state index contributed by atoms with van der Waals surface area (Å²) in [5.41, 5.74) is 2.31. The lowest BCUT2D eigenvalue weighted by Crippen LogP contribution is -2.19. The fourth-order valence-corrected chi connectivity index (χ4v) is 1.95. The molecule has 3 nitrogen and oxygen atoms in total. The van der Waals surface area contributed by atoms with Crippen LogP contribution in [0.1, 0.15) is 25.0 Å². The summed E-state index contributed by atoms with van der Waals surface area (Å²) in [5, 5.41) is 3.43. The van der Waals surface area contributed by atoms with E-state index in [0.717, 1.165) is 30.2 Å².